The Morgan fingerprint density at radius 2 is 1.77 bits per heavy atom. The molecule has 31 heavy (non-hydrogen) atoms. The molecule has 0 aromatic heterocycles. The van der Waals surface area contributed by atoms with Crippen molar-refractivity contribution in [2.45, 2.75) is 26.7 Å². The minimum absolute atomic E-state index is 0.0433. The predicted octanol–water partition coefficient (Wildman–Crippen LogP) is 3.20. The van der Waals surface area contributed by atoms with Crippen molar-refractivity contribution in [3.05, 3.63) is 48.0 Å². The lowest BCUT2D eigenvalue weighted by atomic mass is 10.1. The second kappa shape index (κ2) is 10.7. The van der Waals surface area contributed by atoms with Crippen LogP contribution < -0.4 is 24.4 Å². The average molecular weight is 427 g/mol. The number of nitrogens with one attached hydrogen (secondary N) is 1. The van der Waals surface area contributed by atoms with E-state index in [0.29, 0.717) is 38.5 Å². The van der Waals surface area contributed by atoms with Crippen LogP contribution >= 0.6 is 0 Å². The maximum Gasteiger partial charge on any atom is 0.227 e. The maximum absolute atomic E-state index is 12.6. The summed E-state index contributed by atoms with van der Waals surface area (Å²) in [6.45, 7) is 5.87. The van der Waals surface area contributed by atoms with Crippen molar-refractivity contribution in [1.82, 2.24) is 5.32 Å². The molecule has 7 heteroatoms. The Labute approximate surface area is 183 Å². The Balaban J connectivity index is 1.53. The summed E-state index contributed by atoms with van der Waals surface area (Å²) in [6, 6.07) is 13.1. The van der Waals surface area contributed by atoms with Gasteiger partial charge >= 0.3 is 0 Å². The highest BCUT2D eigenvalue weighted by atomic mass is 16.5. The molecule has 0 bridgehead atoms. The lowest BCUT2D eigenvalue weighted by molar-refractivity contribution is -0.126. The number of anilines is 1. The molecular weight excluding hydrogens is 396 g/mol. The van der Waals surface area contributed by atoms with Crippen molar-refractivity contribution in [2.24, 2.45) is 5.92 Å². The first-order chi connectivity index (χ1) is 15.0. The molecular formula is C24H30N2O5. The molecule has 2 aromatic carbocycles. The zero-order valence-electron chi connectivity index (χ0n) is 18.3. The number of hydrogen-bond donors (Lipinski definition) is 1. The van der Waals surface area contributed by atoms with Crippen LogP contribution in [-0.4, -0.2) is 45.2 Å². The maximum atomic E-state index is 12.6. The Bertz CT molecular complexity index is 897. The first-order valence-electron chi connectivity index (χ1n) is 10.7. The first-order valence-corrected chi connectivity index (χ1v) is 10.7. The van der Waals surface area contributed by atoms with Crippen molar-refractivity contribution in [1.29, 1.82) is 0 Å². The van der Waals surface area contributed by atoms with Crippen LogP contribution in [0.25, 0.3) is 0 Å². The standard InChI is InChI=1S/C24H30N2O5/c1-4-30-21-11-6-17(14-22(21)31-5-2)12-13-25-24(28)18-15-23(27)26(16-18)19-7-9-20(29-3)10-8-19/h6-11,14,18H,4-5,12-13,15-16H2,1-3H3,(H,25,28). The van der Waals surface area contributed by atoms with E-state index in [-0.39, 0.29) is 24.2 Å². The lowest BCUT2D eigenvalue weighted by Crippen LogP contribution is -2.34. The molecule has 2 amide bonds. The fraction of sp³-hybridized carbons (Fsp3) is 0.417. The molecule has 3 rings (SSSR count). The molecule has 2 aromatic rings. The van der Waals surface area contributed by atoms with Crippen LogP contribution in [0.15, 0.2) is 42.5 Å². The summed E-state index contributed by atoms with van der Waals surface area (Å²) in [7, 11) is 1.60. The van der Waals surface area contributed by atoms with Gasteiger partial charge in [-0.3, -0.25) is 9.59 Å². The summed E-state index contributed by atoms with van der Waals surface area (Å²) in [5.41, 5.74) is 1.83. The lowest BCUT2D eigenvalue weighted by Gasteiger charge is -2.17. The molecule has 1 N–H and O–H groups in total. The molecule has 0 saturated carbocycles. The first kappa shape index (κ1) is 22.5. The van der Waals surface area contributed by atoms with E-state index in [1.54, 1.807) is 12.0 Å². The van der Waals surface area contributed by atoms with Gasteiger partial charge in [0, 0.05) is 25.2 Å². The minimum atomic E-state index is -0.353. The third kappa shape index (κ3) is 5.69. The van der Waals surface area contributed by atoms with Crippen LogP contribution in [0, 0.1) is 5.92 Å². The van der Waals surface area contributed by atoms with E-state index in [2.05, 4.69) is 5.32 Å². The normalized spacial score (nSPS) is 15.6. The van der Waals surface area contributed by atoms with Crippen molar-refractivity contribution in [2.75, 3.05) is 38.3 Å². The van der Waals surface area contributed by atoms with Crippen LogP contribution in [0.1, 0.15) is 25.8 Å². The number of methoxy groups -OCH3 is 1. The molecule has 0 radical (unpaired) electrons. The monoisotopic (exact) mass is 426 g/mol. The van der Waals surface area contributed by atoms with Gasteiger partial charge < -0.3 is 24.4 Å². The molecule has 1 unspecified atom stereocenters. The highest BCUT2D eigenvalue weighted by Crippen LogP contribution is 2.29. The van der Waals surface area contributed by atoms with E-state index in [1.165, 1.54) is 0 Å². The molecule has 0 aliphatic carbocycles. The summed E-state index contributed by atoms with van der Waals surface area (Å²) < 4.78 is 16.4. The molecule has 1 aliphatic rings. The molecule has 1 fully saturated rings. The summed E-state index contributed by atoms with van der Waals surface area (Å²) in [5, 5.41) is 2.97. The third-order valence-electron chi connectivity index (χ3n) is 5.20. The summed E-state index contributed by atoms with van der Waals surface area (Å²) in [5.74, 6) is 1.67. The smallest absolute Gasteiger partial charge is 0.227 e. The van der Waals surface area contributed by atoms with E-state index in [0.717, 1.165) is 22.7 Å². The number of ether oxygens (including phenoxy) is 3. The zero-order valence-corrected chi connectivity index (χ0v) is 18.3. The third-order valence-corrected chi connectivity index (χ3v) is 5.20. The molecule has 1 saturated heterocycles. The van der Waals surface area contributed by atoms with Gasteiger partial charge in [0.15, 0.2) is 11.5 Å². The fourth-order valence-corrected chi connectivity index (χ4v) is 3.62. The Kier molecular flexibility index (Phi) is 7.76. The summed E-state index contributed by atoms with van der Waals surface area (Å²) in [4.78, 5) is 26.7. The van der Waals surface area contributed by atoms with E-state index in [4.69, 9.17) is 14.2 Å². The van der Waals surface area contributed by atoms with Crippen LogP contribution in [0.3, 0.4) is 0 Å². The number of nitrogens with zero attached hydrogens (tertiary/aromatic N) is 1. The summed E-state index contributed by atoms with van der Waals surface area (Å²) >= 11 is 0. The number of benzene rings is 2. The van der Waals surface area contributed by atoms with Gasteiger partial charge in [0.1, 0.15) is 5.75 Å². The molecule has 7 nitrogen and oxygen atoms in total. The Morgan fingerprint density at radius 1 is 1.06 bits per heavy atom. The van der Waals surface area contributed by atoms with Crippen molar-refractivity contribution in [3.63, 3.8) is 0 Å². The average Bonchev–Trinajstić information content (AvgIpc) is 3.17. The number of carbonyl (C=O) groups excluding carboxylic acids is 2. The Morgan fingerprint density at radius 3 is 2.45 bits per heavy atom. The van der Waals surface area contributed by atoms with Gasteiger partial charge in [-0.25, -0.2) is 0 Å². The molecule has 1 heterocycles. The van der Waals surface area contributed by atoms with Gasteiger partial charge in [0.25, 0.3) is 0 Å². The zero-order chi connectivity index (χ0) is 22.2. The molecule has 0 spiro atoms. The molecule has 1 atom stereocenters. The second-order valence-corrected chi connectivity index (χ2v) is 7.29. The van der Waals surface area contributed by atoms with Gasteiger partial charge in [-0.1, -0.05) is 6.07 Å². The minimum Gasteiger partial charge on any atom is -0.497 e. The number of hydrogen-bond acceptors (Lipinski definition) is 5. The highest BCUT2D eigenvalue weighted by molar-refractivity contribution is 6.00. The SMILES string of the molecule is CCOc1ccc(CCNC(=O)C2CC(=O)N(c3ccc(OC)cc3)C2)cc1OCC. The van der Waals surface area contributed by atoms with Crippen LogP contribution in [0.4, 0.5) is 5.69 Å². The topological polar surface area (TPSA) is 77.1 Å². The number of carbonyl (C=O) groups is 2. The van der Waals surface area contributed by atoms with Gasteiger partial charge in [0.2, 0.25) is 11.8 Å². The van der Waals surface area contributed by atoms with Crippen molar-refractivity contribution < 1.29 is 23.8 Å². The predicted molar refractivity (Wildman–Crippen MR) is 119 cm³/mol. The van der Waals surface area contributed by atoms with Gasteiger partial charge in [0.05, 0.1) is 26.2 Å². The van der Waals surface area contributed by atoms with Crippen LogP contribution in [-0.2, 0) is 16.0 Å². The molecule has 1 aliphatic heterocycles. The van der Waals surface area contributed by atoms with E-state index in [9.17, 15) is 9.59 Å². The van der Waals surface area contributed by atoms with Gasteiger partial charge in [-0.15, -0.1) is 0 Å². The quantitative estimate of drug-likeness (QED) is 0.631. The second-order valence-electron chi connectivity index (χ2n) is 7.29. The largest absolute Gasteiger partial charge is 0.497 e. The van der Waals surface area contributed by atoms with E-state index < -0.39 is 0 Å². The fourth-order valence-electron chi connectivity index (χ4n) is 3.62. The van der Waals surface area contributed by atoms with Gasteiger partial charge in [-0.2, -0.15) is 0 Å². The Hall–Kier alpha value is -3.22. The van der Waals surface area contributed by atoms with Gasteiger partial charge in [-0.05, 0) is 62.2 Å². The molecule has 166 valence electrons. The number of amides is 2. The van der Waals surface area contributed by atoms with Crippen LogP contribution in [0.2, 0.25) is 0 Å². The van der Waals surface area contributed by atoms with Crippen molar-refractivity contribution >= 4 is 17.5 Å². The summed E-state index contributed by atoms with van der Waals surface area (Å²) in [6.07, 6.45) is 0.885. The van der Waals surface area contributed by atoms with E-state index in [1.807, 2.05) is 56.3 Å². The van der Waals surface area contributed by atoms with E-state index >= 15 is 0 Å². The highest BCUT2D eigenvalue weighted by Gasteiger charge is 2.34. The van der Waals surface area contributed by atoms with Crippen LogP contribution in [0.5, 0.6) is 17.2 Å². The number of rotatable bonds is 10. The van der Waals surface area contributed by atoms with Crippen molar-refractivity contribution in [3.8, 4) is 17.2 Å².